The fraction of sp³-hybridized carbons (Fsp3) is 0.320. The van der Waals surface area contributed by atoms with E-state index in [1.165, 1.54) is 18.2 Å². The summed E-state index contributed by atoms with van der Waals surface area (Å²) in [6.07, 6.45) is 2.58. The summed E-state index contributed by atoms with van der Waals surface area (Å²) in [6.45, 7) is 7.46. The van der Waals surface area contributed by atoms with Crippen LogP contribution in [0.4, 0.5) is 14.6 Å². The smallest absolute Gasteiger partial charge is 0.350 e. The van der Waals surface area contributed by atoms with E-state index in [1.54, 1.807) is 15.5 Å². The molecule has 1 fully saturated rings. The zero-order valence-corrected chi connectivity index (χ0v) is 19.4. The Kier molecular flexibility index (Phi) is 5.64. The predicted octanol–water partition coefficient (Wildman–Crippen LogP) is 4.16. The van der Waals surface area contributed by atoms with E-state index >= 15 is 0 Å². The number of hydrogen-bond donors (Lipinski definition) is 0. The molecular weight excluding hydrogens is 462 g/mol. The van der Waals surface area contributed by atoms with Crippen molar-refractivity contribution in [2.75, 3.05) is 24.5 Å². The van der Waals surface area contributed by atoms with Crippen LogP contribution < -0.4 is 10.6 Å². The van der Waals surface area contributed by atoms with Gasteiger partial charge in [0.05, 0.1) is 5.52 Å². The standard InChI is InChI=1S/C25H23ClF2N4O2/c1-3-21(33)30-9-10-31(14(2)13-30)24-18-12-19(26)22(16-7-6-15(27)11-20(16)28)17-5-4-8-32(23(17)18)25(34)29-24/h3,6-7,11-12,14H,1,4-5,8-10,13H2,2H3/t14-/m0/s1. The normalized spacial score (nSPS) is 17.8. The number of carbonyl (C=O) groups excluding carboxylic acids is 1. The molecule has 34 heavy (non-hydrogen) atoms. The van der Waals surface area contributed by atoms with Crippen molar-refractivity contribution in [2.24, 2.45) is 0 Å². The van der Waals surface area contributed by atoms with Crippen LogP contribution in [-0.4, -0.2) is 46.0 Å². The Morgan fingerprint density at radius 1 is 1.24 bits per heavy atom. The van der Waals surface area contributed by atoms with Crippen LogP contribution in [0.5, 0.6) is 0 Å². The number of amides is 1. The molecule has 176 valence electrons. The van der Waals surface area contributed by atoms with E-state index < -0.39 is 11.6 Å². The Morgan fingerprint density at radius 2 is 2.03 bits per heavy atom. The Bertz CT molecular complexity index is 1400. The van der Waals surface area contributed by atoms with Crippen molar-refractivity contribution in [1.29, 1.82) is 0 Å². The molecule has 0 spiro atoms. The van der Waals surface area contributed by atoms with Gasteiger partial charge < -0.3 is 9.80 Å². The summed E-state index contributed by atoms with van der Waals surface area (Å²) in [4.78, 5) is 33.3. The second-order valence-corrected chi connectivity index (χ2v) is 9.14. The van der Waals surface area contributed by atoms with Crippen LogP contribution in [0, 0.1) is 11.6 Å². The minimum Gasteiger partial charge on any atom is -0.350 e. The van der Waals surface area contributed by atoms with Gasteiger partial charge in [-0.1, -0.05) is 18.2 Å². The lowest BCUT2D eigenvalue weighted by molar-refractivity contribution is -0.126. The quantitative estimate of drug-likeness (QED) is 0.524. The number of aryl methyl sites for hydroxylation is 2. The highest BCUT2D eigenvalue weighted by atomic mass is 35.5. The molecule has 0 aliphatic carbocycles. The van der Waals surface area contributed by atoms with Gasteiger partial charge in [0.1, 0.15) is 17.5 Å². The third-order valence-electron chi connectivity index (χ3n) is 6.69. The number of benzene rings is 2. The summed E-state index contributed by atoms with van der Waals surface area (Å²) in [5, 5.41) is 1.03. The maximum absolute atomic E-state index is 14.8. The molecule has 1 saturated heterocycles. The van der Waals surface area contributed by atoms with Crippen LogP contribution in [0.25, 0.3) is 22.0 Å². The second-order valence-electron chi connectivity index (χ2n) is 8.74. The number of aromatic nitrogens is 2. The van der Waals surface area contributed by atoms with Crippen molar-refractivity contribution in [3.63, 3.8) is 0 Å². The third-order valence-corrected chi connectivity index (χ3v) is 6.99. The van der Waals surface area contributed by atoms with Crippen molar-refractivity contribution >= 4 is 34.2 Å². The number of halogens is 3. The maximum atomic E-state index is 14.8. The fourth-order valence-corrected chi connectivity index (χ4v) is 5.47. The van der Waals surface area contributed by atoms with Gasteiger partial charge in [-0.05, 0) is 49.6 Å². The van der Waals surface area contributed by atoms with Crippen LogP contribution in [0.3, 0.4) is 0 Å². The number of piperazine rings is 1. The van der Waals surface area contributed by atoms with Crippen molar-refractivity contribution in [3.05, 3.63) is 69.6 Å². The molecule has 0 radical (unpaired) electrons. The largest absolute Gasteiger partial charge is 0.350 e. The molecule has 0 N–H and O–H groups in total. The zero-order valence-electron chi connectivity index (χ0n) is 18.7. The van der Waals surface area contributed by atoms with Crippen LogP contribution in [0.1, 0.15) is 18.9 Å². The first kappa shape index (κ1) is 22.5. The summed E-state index contributed by atoms with van der Waals surface area (Å²) in [7, 11) is 0. The Morgan fingerprint density at radius 3 is 2.74 bits per heavy atom. The lowest BCUT2D eigenvalue weighted by atomic mass is 9.91. The highest BCUT2D eigenvalue weighted by Gasteiger charge is 2.31. The summed E-state index contributed by atoms with van der Waals surface area (Å²) >= 11 is 6.72. The molecule has 1 aromatic heterocycles. The molecule has 9 heteroatoms. The summed E-state index contributed by atoms with van der Waals surface area (Å²) in [5.41, 5.74) is 1.74. The molecule has 3 aromatic rings. The lowest BCUT2D eigenvalue weighted by Crippen LogP contribution is -2.54. The molecular formula is C25H23ClF2N4O2. The van der Waals surface area contributed by atoms with E-state index in [2.05, 4.69) is 11.6 Å². The van der Waals surface area contributed by atoms with Crippen molar-refractivity contribution in [3.8, 4) is 11.1 Å². The second kappa shape index (κ2) is 8.51. The van der Waals surface area contributed by atoms with Crippen molar-refractivity contribution < 1.29 is 13.6 Å². The third kappa shape index (κ3) is 3.57. The van der Waals surface area contributed by atoms with Gasteiger partial charge in [0, 0.05) is 59.8 Å². The topological polar surface area (TPSA) is 58.4 Å². The zero-order chi connectivity index (χ0) is 24.1. The van der Waals surface area contributed by atoms with Crippen molar-refractivity contribution in [2.45, 2.75) is 32.4 Å². The van der Waals surface area contributed by atoms with Gasteiger partial charge in [-0.3, -0.25) is 9.36 Å². The highest BCUT2D eigenvalue weighted by Crippen LogP contribution is 2.42. The SMILES string of the molecule is C=CC(=O)N1CCN(c2nc(=O)n3c4c(c(-c5ccc(F)cc5F)c(Cl)cc24)CCC3)[C@@H](C)C1. The molecule has 3 heterocycles. The van der Waals surface area contributed by atoms with Crippen molar-refractivity contribution in [1.82, 2.24) is 14.5 Å². The number of hydrogen-bond acceptors (Lipinski definition) is 4. The Labute approximate surface area is 200 Å². The molecule has 2 aromatic carbocycles. The molecule has 6 nitrogen and oxygen atoms in total. The van der Waals surface area contributed by atoms with E-state index in [-0.39, 0.29) is 23.2 Å². The van der Waals surface area contributed by atoms with Crippen LogP contribution >= 0.6 is 11.6 Å². The fourth-order valence-electron chi connectivity index (χ4n) is 5.15. The highest BCUT2D eigenvalue weighted by molar-refractivity contribution is 6.34. The maximum Gasteiger partial charge on any atom is 0.350 e. The molecule has 2 aliphatic heterocycles. The number of rotatable bonds is 3. The van der Waals surface area contributed by atoms with E-state index in [0.29, 0.717) is 66.3 Å². The first-order valence-electron chi connectivity index (χ1n) is 11.2. The Balaban J connectivity index is 1.71. The van der Waals surface area contributed by atoms with Crippen LogP contribution in [0.2, 0.25) is 5.02 Å². The lowest BCUT2D eigenvalue weighted by Gasteiger charge is -2.41. The molecule has 1 atom stereocenters. The average molecular weight is 485 g/mol. The van der Waals surface area contributed by atoms with Gasteiger partial charge in [0.25, 0.3) is 0 Å². The van der Waals surface area contributed by atoms with Gasteiger partial charge in [-0.2, -0.15) is 4.98 Å². The van der Waals surface area contributed by atoms with Gasteiger partial charge >= 0.3 is 5.69 Å². The molecule has 0 bridgehead atoms. The van der Waals surface area contributed by atoms with Crippen LogP contribution in [0.15, 0.2) is 41.7 Å². The Hall–Kier alpha value is -3.26. The minimum atomic E-state index is -0.706. The minimum absolute atomic E-state index is 0.0945. The average Bonchev–Trinajstić information content (AvgIpc) is 2.81. The van der Waals surface area contributed by atoms with E-state index in [9.17, 15) is 18.4 Å². The van der Waals surface area contributed by atoms with Gasteiger partial charge in [-0.15, -0.1) is 0 Å². The summed E-state index contributed by atoms with van der Waals surface area (Å²) in [6, 6.07) is 5.04. The first-order chi connectivity index (χ1) is 16.3. The molecule has 2 aliphatic rings. The number of carbonyl (C=O) groups is 1. The molecule has 1 amide bonds. The number of nitrogens with zero attached hydrogens (tertiary/aromatic N) is 4. The monoisotopic (exact) mass is 484 g/mol. The molecule has 0 unspecified atom stereocenters. The molecule has 0 saturated carbocycles. The van der Waals surface area contributed by atoms with Gasteiger partial charge in [0.15, 0.2) is 0 Å². The summed E-state index contributed by atoms with van der Waals surface area (Å²) in [5.74, 6) is -1.00. The van der Waals surface area contributed by atoms with E-state index in [0.717, 1.165) is 11.6 Å². The van der Waals surface area contributed by atoms with Crippen LogP contribution in [-0.2, 0) is 17.8 Å². The summed E-state index contributed by atoms with van der Waals surface area (Å²) < 4.78 is 29.9. The molecule has 5 rings (SSSR count). The van der Waals surface area contributed by atoms with E-state index in [1.807, 2.05) is 11.8 Å². The predicted molar refractivity (Wildman–Crippen MR) is 128 cm³/mol. The first-order valence-corrected chi connectivity index (χ1v) is 11.6. The van der Waals surface area contributed by atoms with E-state index in [4.69, 9.17) is 11.6 Å². The number of anilines is 1. The van der Waals surface area contributed by atoms with Gasteiger partial charge in [-0.25, -0.2) is 13.6 Å². The van der Waals surface area contributed by atoms with Gasteiger partial charge in [0.2, 0.25) is 5.91 Å².